The Kier molecular flexibility index (Phi) is 3.83. The van der Waals surface area contributed by atoms with Crippen molar-refractivity contribution in [1.82, 2.24) is 15.3 Å². The molecule has 0 atom stereocenters. The van der Waals surface area contributed by atoms with E-state index in [9.17, 15) is 0 Å². The smallest absolute Gasteiger partial charge is 0.236 e. The van der Waals surface area contributed by atoms with Gasteiger partial charge in [-0.15, -0.1) is 11.8 Å². The second-order valence-corrected chi connectivity index (χ2v) is 5.29. The molecule has 0 spiro atoms. The number of hydrogen-bond acceptors (Lipinski definition) is 6. The molecule has 3 rings (SSSR count). The molecule has 5 nitrogen and oxygen atoms in total. The summed E-state index contributed by atoms with van der Waals surface area (Å²) in [5.74, 6) is 3.49. The molecule has 0 aliphatic heterocycles. The number of rotatable bonds is 5. The molecule has 2 aromatic heterocycles. The average molecular weight is 287 g/mol. The Bertz CT molecular complexity index is 679. The molecule has 6 heteroatoms. The maximum Gasteiger partial charge on any atom is 0.236 e. The van der Waals surface area contributed by atoms with Crippen LogP contribution >= 0.6 is 11.8 Å². The van der Waals surface area contributed by atoms with Crippen molar-refractivity contribution in [2.24, 2.45) is 0 Å². The van der Waals surface area contributed by atoms with Crippen LogP contribution in [0.2, 0.25) is 0 Å². The molecule has 0 amide bonds. The highest BCUT2D eigenvalue weighted by molar-refractivity contribution is 7.97. The summed E-state index contributed by atoms with van der Waals surface area (Å²) in [6.45, 7) is 1.88. The van der Waals surface area contributed by atoms with E-state index in [0.29, 0.717) is 17.5 Å². The van der Waals surface area contributed by atoms with Crippen LogP contribution in [0.25, 0.3) is 11.4 Å². The van der Waals surface area contributed by atoms with Gasteiger partial charge in [-0.2, -0.15) is 4.98 Å². The monoisotopic (exact) mass is 287 g/mol. The molecule has 0 unspecified atom stereocenters. The van der Waals surface area contributed by atoms with Crippen LogP contribution < -0.4 is 0 Å². The third kappa shape index (κ3) is 3.08. The Morgan fingerprint density at radius 1 is 1.05 bits per heavy atom. The van der Waals surface area contributed by atoms with Gasteiger partial charge in [0.15, 0.2) is 0 Å². The van der Waals surface area contributed by atoms with Gasteiger partial charge in [0, 0.05) is 17.4 Å². The van der Waals surface area contributed by atoms with E-state index in [0.717, 1.165) is 22.8 Å². The van der Waals surface area contributed by atoms with Gasteiger partial charge in [-0.1, -0.05) is 40.6 Å². The van der Waals surface area contributed by atoms with Gasteiger partial charge in [0.1, 0.15) is 5.76 Å². The quantitative estimate of drug-likeness (QED) is 0.716. The van der Waals surface area contributed by atoms with Gasteiger partial charge in [0.25, 0.3) is 0 Å². The zero-order chi connectivity index (χ0) is 13.8. The molecule has 0 fully saturated rings. The molecule has 0 saturated carbocycles. The largest absolute Gasteiger partial charge is 0.361 e. The topological polar surface area (TPSA) is 65.0 Å². The first kappa shape index (κ1) is 12.9. The molecule has 0 aliphatic carbocycles. The number of nitrogens with zero attached hydrogens (tertiary/aromatic N) is 3. The molecule has 0 bridgehead atoms. The highest BCUT2D eigenvalue weighted by Crippen LogP contribution is 2.20. The molecule has 0 N–H and O–H groups in total. The van der Waals surface area contributed by atoms with E-state index in [2.05, 4.69) is 15.3 Å². The first-order chi connectivity index (χ1) is 9.81. The normalized spacial score (nSPS) is 10.8. The zero-order valence-electron chi connectivity index (χ0n) is 10.9. The number of aryl methyl sites for hydroxylation is 1. The highest BCUT2D eigenvalue weighted by atomic mass is 32.2. The number of aromatic nitrogens is 3. The molecule has 0 saturated heterocycles. The second-order valence-electron chi connectivity index (χ2n) is 4.30. The van der Waals surface area contributed by atoms with Crippen LogP contribution in [0.5, 0.6) is 0 Å². The van der Waals surface area contributed by atoms with Crippen molar-refractivity contribution in [3.63, 3.8) is 0 Å². The van der Waals surface area contributed by atoms with E-state index < -0.39 is 0 Å². The zero-order valence-corrected chi connectivity index (χ0v) is 11.8. The van der Waals surface area contributed by atoms with E-state index in [1.807, 2.05) is 43.3 Å². The van der Waals surface area contributed by atoms with Crippen LogP contribution in [0, 0.1) is 6.92 Å². The van der Waals surface area contributed by atoms with Crippen molar-refractivity contribution in [3.05, 3.63) is 53.7 Å². The Balaban J connectivity index is 1.58. The first-order valence-corrected chi connectivity index (χ1v) is 7.35. The first-order valence-electron chi connectivity index (χ1n) is 6.19. The molecule has 0 aliphatic rings. The number of thioether (sulfide) groups is 1. The maximum absolute atomic E-state index is 5.24. The lowest BCUT2D eigenvalue weighted by atomic mass is 10.2. The average Bonchev–Trinajstić information content (AvgIpc) is 3.09. The highest BCUT2D eigenvalue weighted by Gasteiger charge is 2.08. The summed E-state index contributed by atoms with van der Waals surface area (Å²) < 4.78 is 10.3. The van der Waals surface area contributed by atoms with Gasteiger partial charge in [-0.3, -0.25) is 0 Å². The minimum absolute atomic E-state index is 0.620. The Hall–Kier alpha value is -2.08. The van der Waals surface area contributed by atoms with Crippen molar-refractivity contribution >= 4 is 11.8 Å². The summed E-state index contributed by atoms with van der Waals surface area (Å²) >= 11 is 1.66. The predicted octanol–water partition coefficient (Wildman–Crippen LogP) is 3.47. The number of benzene rings is 1. The minimum atomic E-state index is 0.620. The van der Waals surface area contributed by atoms with Crippen LogP contribution in [0.3, 0.4) is 0 Å². The van der Waals surface area contributed by atoms with Crippen LogP contribution in [0.15, 0.2) is 45.4 Å². The van der Waals surface area contributed by atoms with Gasteiger partial charge in [0.05, 0.1) is 11.4 Å². The summed E-state index contributed by atoms with van der Waals surface area (Å²) in [6.07, 6.45) is 0. The standard InChI is InChI=1S/C14H13N3O2S/c1-10-7-12(16-18-10)8-20-9-13-15-14(17-19-13)11-5-3-2-4-6-11/h2-7H,8-9H2,1H3. The number of hydrogen-bond donors (Lipinski definition) is 0. The Labute approximate surface area is 120 Å². The van der Waals surface area contributed by atoms with E-state index in [1.165, 1.54) is 0 Å². The molecule has 20 heavy (non-hydrogen) atoms. The van der Waals surface area contributed by atoms with Gasteiger partial charge in [-0.05, 0) is 6.92 Å². The van der Waals surface area contributed by atoms with Crippen LogP contribution in [-0.2, 0) is 11.5 Å². The van der Waals surface area contributed by atoms with Crippen molar-refractivity contribution < 1.29 is 9.05 Å². The lowest BCUT2D eigenvalue weighted by Gasteiger charge is -1.93. The fraction of sp³-hybridized carbons (Fsp3) is 0.214. The summed E-state index contributed by atoms with van der Waals surface area (Å²) in [4.78, 5) is 4.37. The Morgan fingerprint density at radius 3 is 2.65 bits per heavy atom. The fourth-order valence-electron chi connectivity index (χ4n) is 1.75. The molecule has 3 aromatic rings. The maximum atomic E-state index is 5.24. The third-order valence-corrected chi connectivity index (χ3v) is 3.60. The lowest BCUT2D eigenvalue weighted by molar-refractivity contribution is 0.390. The summed E-state index contributed by atoms with van der Waals surface area (Å²) in [5, 5.41) is 7.92. The minimum Gasteiger partial charge on any atom is -0.361 e. The predicted molar refractivity (Wildman–Crippen MR) is 76.0 cm³/mol. The molecular weight excluding hydrogens is 274 g/mol. The Morgan fingerprint density at radius 2 is 1.90 bits per heavy atom. The van der Waals surface area contributed by atoms with Crippen LogP contribution in [0.1, 0.15) is 17.3 Å². The summed E-state index contributed by atoms with van der Waals surface area (Å²) in [7, 11) is 0. The van der Waals surface area contributed by atoms with E-state index >= 15 is 0 Å². The van der Waals surface area contributed by atoms with E-state index in [4.69, 9.17) is 9.05 Å². The van der Waals surface area contributed by atoms with Gasteiger partial charge < -0.3 is 9.05 Å². The van der Waals surface area contributed by atoms with Crippen LogP contribution in [0.4, 0.5) is 0 Å². The molecule has 2 heterocycles. The molecule has 1 aromatic carbocycles. The molecule has 102 valence electrons. The molecular formula is C14H13N3O2S. The van der Waals surface area contributed by atoms with Gasteiger partial charge >= 0.3 is 0 Å². The summed E-state index contributed by atoms with van der Waals surface area (Å²) in [5.41, 5.74) is 1.88. The van der Waals surface area contributed by atoms with Gasteiger partial charge in [-0.25, -0.2) is 0 Å². The molecule has 0 radical (unpaired) electrons. The van der Waals surface area contributed by atoms with Crippen molar-refractivity contribution in [2.45, 2.75) is 18.4 Å². The van der Waals surface area contributed by atoms with E-state index in [1.54, 1.807) is 11.8 Å². The summed E-state index contributed by atoms with van der Waals surface area (Å²) in [6, 6.07) is 11.7. The van der Waals surface area contributed by atoms with Crippen LogP contribution in [-0.4, -0.2) is 15.3 Å². The lowest BCUT2D eigenvalue weighted by Crippen LogP contribution is -1.84. The van der Waals surface area contributed by atoms with E-state index in [-0.39, 0.29) is 0 Å². The van der Waals surface area contributed by atoms with Crippen molar-refractivity contribution in [2.75, 3.05) is 0 Å². The SMILES string of the molecule is Cc1cc(CSCc2nc(-c3ccccc3)no2)no1. The third-order valence-electron chi connectivity index (χ3n) is 2.65. The van der Waals surface area contributed by atoms with Crippen molar-refractivity contribution in [3.8, 4) is 11.4 Å². The fourth-order valence-corrected chi connectivity index (χ4v) is 2.49. The second kappa shape index (κ2) is 5.92. The van der Waals surface area contributed by atoms with Crippen molar-refractivity contribution in [1.29, 1.82) is 0 Å². The van der Waals surface area contributed by atoms with Gasteiger partial charge in [0.2, 0.25) is 11.7 Å².